The minimum absolute atomic E-state index is 0.127. The summed E-state index contributed by atoms with van der Waals surface area (Å²) in [6.45, 7) is 5.90. The Hall–Kier alpha value is -3.65. The summed E-state index contributed by atoms with van der Waals surface area (Å²) >= 11 is 0. The van der Waals surface area contributed by atoms with Gasteiger partial charge in [0.15, 0.2) is 0 Å². The molecule has 0 radical (unpaired) electrons. The number of pyridine rings is 1. The lowest BCUT2D eigenvalue weighted by molar-refractivity contribution is 0.0675. The Morgan fingerprint density at radius 3 is 2.75 bits per heavy atom. The molecule has 8 nitrogen and oxygen atoms in total. The molecule has 0 bridgehead atoms. The first-order chi connectivity index (χ1) is 17.6. The zero-order chi connectivity index (χ0) is 24.6. The van der Waals surface area contributed by atoms with Gasteiger partial charge in [-0.3, -0.25) is 14.3 Å². The topological polar surface area (TPSA) is 92.2 Å². The molecule has 8 heteroatoms. The lowest BCUT2D eigenvalue weighted by Crippen LogP contribution is -2.24. The van der Waals surface area contributed by atoms with Crippen LogP contribution in [0.15, 0.2) is 47.4 Å². The molecular weight excluding hydrogens is 454 g/mol. The van der Waals surface area contributed by atoms with Crippen molar-refractivity contribution in [2.75, 3.05) is 31.2 Å². The molecule has 4 heterocycles. The van der Waals surface area contributed by atoms with E-state index in [1.165, 1.54) is 18.5 Å². The van der Waals surface area contributed by atoms with Gasteiger partial charge in [0.2, 0.25) is 0 Å². The van der Waals surface area contributed by atoms with E-state index in [1.807, 2.05) is 29.8 Å². The van der Waals surface area contributed by atoms with E-state index in [0.717, 1.165) is 48.0 Å². The lowest BCUT2D eigenvalue weighted by Gasteiger charge is -2.23. The van der Waals surface area contributed by atoms with Gasteiger partial charge in [0.05, 0.1) is 28.7 Å². The van der Waals surface area contributed by atoms with Crippen LogP contribution in [0.1, 0.15) is 53.2 Å². The van der Waals surface area contributed by atoms with E-state index in [-0.39, 0.29) is 17.5 Å². The Labute approximate surface area is 209 Å². The van der Waals surface area contributed by atoms with Gasteiger partial charge >= 0.3 is 0 Å². The van der Waals surface area contributed by atoms with Crippen molar-refractivity contribution >= 4 is 33.4 Å². The number of amides is 1. The van der Waals surface area contributed by atoms with E-state index < -0.39 is 0 Å². The van der Waals surface area contributed by atoms with Gasteiger partial charge in [0.25, 0.3) is 11.5 Å². The second-order valence-corrected chi connectivity index (χ2v) is 9.91. The van der Waals surface area contributed by atoms with Crippen molar-refractivity contribution in [1.29, 1.82) is 0 Å². The average molecular weight is 486 g/mol. The number of carbonyl (C=O) groups is 1. The molecule has 2 saturated heterocycles. The van der Waals surface area contributed by atoms with Crippen LogP contribution in [0, 0.1) is 6.92 Å². The fourth-order valence-corrected chi connectivity index (χ4v) is 5.56. The van der Waals surface area contributed by atoms with Gasteiger partial charge in [-0.05, 0) is 68.0 Å². The van der Waals surface area contributed by atoms with E-state index in [1.54, 1.807) is 6.20 Å². The Morgan fingerprint density at radius 1 is 1.14 bits per heavy atom. The van der Waals surface area contributed by atoms with Crippen LogP contribution in [0.5, 0.6) is 0 Å². The molecule has 1 amide bonds. The number of hydrogen-bond acceptors (Lipinski definition) is 5. The average Bonchev–Trinajstić information content (AvgIpc) is 3.59. The molecule has 0 spiro atoms. The Balaban J connectivity index is 1.32. The number of anilines is 1. The molecule has 0 saturated carbocycles. The van der Waals surface area contributed by atoms with Gasteiger partial charge in [-0.1, -0.05) is 12.1 Å². The summed E-state index contributed by atoms with van der Waals surface area (Å²) < 4.78 is 7.48. The van der Waals surface area contributed by atoms with E-state index in [0.29, 0.717) is 36.2 Å². The van der Waals surface area contributed by atoms with Crippen LogP contribution >= 0.6 is 0 Å². The van der Waals surface area contributed by atoms with Crippen LogP contribution in [0.3, 0.4) is 0 Å². The van der Waals surface area contributed by atoms with Gasteiger partial charge in [0.1, 0.15) is 0 Å². The molecule has 2 aromatic heterocycles. The highest BCUT2D eigenvalue weighted by Crippen LogP contribution is 2.30. The van der Waals surface area contributed by atoms with Crippen LogP contribution in [0.2, 0.25) is 0 Å². The quantitative estimate of drug-likeness (QED) is 0.445. The van der Waals surface area contributed by atoms with Gasteiger partial charge < -0.3 is 19.9 Å². The maximum atomic E-state index is 13.3. The van der Waals surface area contributed by atoms with E-state index in [4.69, 9.17) is 4.74 Å². The summed E-state index contributed by atoms with van der Waals surface area (Å²) in [4.78, 5) is 31.5. The minimum Gasteiger partial charge on any atom is -0.381 e. The number of nitrogens with one attached hydrogen (secondary N) is 2. The molecule has 2 aromatic carbocycles. The normalized spacial score (nSPS) is 16.8. The molecule has 4 aromatic rings. The van der Waals surface area contributed by atoms with Crippen molar-refractivity contribution < 1.29 is 9.53 Å². The number of fused-ring (bicyclic) bond motifs is 3. The Bertz CT molecular complexity index is 1490. The number of rotatable bonds is 5. The fourth-order valence-electron chi connectivity index (χ4n) is 5.56. The second-order valence-electron chi connectivity index (χ2n) is 9.91. The summed E-state index contributed by atoms with van der Waals surface area (Å²) in [6, 6.07) is 12.4. The fraction of sp³-hybridized carbons (Fsp3) is 0.393. The van der Waals surface area contributed by atoms with E-state index in [2.05, 4.69) is 38.5 Å². The summed E-state index contributed by atoms with van der Waals surface area (Å²) in [5, 5.41) is 9.06. The SMILES string of the molecule is Cc1cc2[nH]c(=O)c3cnn(C4CCOCC4)c3c2cc1C(=O)NCc1cccc(N2CCCC2)c1. The summed E-state index contributed by atoms with van der Waals surface area (Å²) in [5.74, 6) is -0.127. The number of aromatic amines is 1. The largest absolute Gasteiger partial charge is 0.381 e. The molecule has 6 rings (SSSR count). The van der Waals surface area contributed by atoms with Crippen LogP contribution in [-0.2, 0) is 11.3 Å². The van der Waals surface area contributed by atoms with Crippen LogP contribution < -0.4 is 15.8 Å². The first-order valence-electron chi connectivity index (χ1n) is 12.8. The van der Waals surface area contributed by atoms with Crippen molar-refractivity contribution in [1.82, 2.24) is 20.1 Å². The molecule has 0 atom stereocenters. The number of carbonyl (C=O) groups excluding carboxylic acids is 1. The van der Waals surface area contributed by atoms with Gasteiger partial charge in [-0.2, -0.15) is 5.10 Å². The number of ether oxygens (including phenoxy) is 1. The highest BCUT2D eigenvalue weighted by atomic mass is 16.5. The van der Waals surface area contributed by atoms with Crippen LogP contribution in [0.25, 0.3) is 21.8 Å². The molecule has 2 fully saturated rings. The number of nitrogens with zero attached hydrogens (tertiary/aromatic N) is 3. The first-order valence-corrected chi connectivity index (χ1v) is 12.8. The van der Waals surface area contributed by atoms with Gasteiger partial charge in [-0.15, -0.1) is 0 Å². The molecular formula is C28H31N5O3. The summed E-state index contributed by atoms with van der Waals surface area (Å²) in [6.07, 6.45) is 5.79. The maximum absolute atomic E-state index is 13.3. The van der Waals surface area contributed by atoms with Crippen molar-refractivity contribution in [3.8, 4) is 0 Å². The smallest absolute Gasteiger partial charge is 0.259 e. The predicted molar refractivity (Wildman–Crippen MR) is 141 cm³/mol. The van der Waals surface area contributed by atoms with Crippen LogP contribution in [0.4, 0.5) is 5.69 Å². The van der Waals surface area contributed by atoms with Gasteiger partial charge in [-0.25, -0.2) is 0 Å². The number of benzene rings is 2. The summed E-state index contributed by atoms with van der Waals surface area (Å²) in [7, 11) is 0. The van der Waals surface area contributed by atoms with Crippen LogP contribution in [-0.4, -0.2) is 47.0 Å². The zero-order valence-corrected chi connectivity index (χ0v) is 20.5. The lowest BCUT2D eigenvalue weighted by atomic mass is 10.0. The number of H-pyrrole nitrogens is 1. The third-order valence-corrected chi connectivity index (χ3v) is 7.52. The zero-order valence-electron chi connectivity index (χ0n) is 20.5. The molecule has 2 N–H and O–H groups in total. The minimum atomic E-state index is -0.162. The highest BCUT2D eigenvalue weighted by molar-refractivity contribution is 6.07. The van der Waals surface area contributed by atoms with Crippen molar-refractivity contribution in [3.05, 3.63) is 69.6 Å². The van der Waals surface area contributed by atoms with E-state index in [9.17, 15) is 9.59 Å². The first kappa shape index (κ1) is 22.8. The second kappa shape index (κ2) is 9.43. The predicted octanol–water partition coefficient (Wildman–Crippen LogP) is 4.07. The van der Waals surface area contributed by atoms with Crippen molar-refractivity contribution in [2.45, 2.75) is 45.2 Å². The van der Waals surface area contributed by atoms with E-state index >= 15 is 0 Å². The molecule has 0 aliphatic carbocycles. The molecule has 2 aliphatic heterocycles. The third-order valence-electron chi connectivity index (χ3n) is 7.52. The number of aryl methyl sites for hydroxylation is 1. The molecule has 186 valence electrons. The Morgan fingerprint density at radius 2 is 1.94 bits per heavy atom. The third kappa shape index (κ3) is 4.15. The highest BCUT2D eigenvalue weighted by Gasteiger charge is 2.22. The number of hydrogen-bond donors (Lipinski definition) is 2. The Kier molecular flexibility index (Phi) is 5.97. The summed E-state index contributed by atoms with van der Waals surface area (Å²) in [5.41, 5.74) is 5.06. The standard InChI is InChI=1S/C28H31N5O3/c1-18-13-25-23(26-24(28(35)31-25)17-30-33(26)20-7-11-36-12-8-20)15-22(18)27(34)29-16-19-5-4-6-21(14-19)32-9-2-3-10-32/h4-6,13-15,17,20H,2-3,7-12,16H2,1H3,(H,29,34)(H,31,35). The molecule has 0 unspecified atom stereocenters. The number of aromatic nitrogens is 3. The molecule has 36 heavy (non-hydrogen) atoms. The molecule has 2 aliphatic rings. The van der Waals surface area contributed by atoms with Crippen molar-refractivity contribution in [3.63, 3.8) is 0 Å². The maximum Gasteiger partial charge on any atom is 0.259 e. The van der Waals surface area contributed by atoms with Gasteiger partial charge in [0, 0.05) is 49.5 Å². The van der Waals surface area contributed by atoms with Crippen molar-refractivity contribution in [2.24, 2.45) is 0 Å². The monoisotopic (exact) mass is 485 g/mol.